The Morgan fingerprint density at radius 3 is 2.25 bits per heavy atom. The number of aryl methyl sites for hydroxylation is 1. The van der Waals surface area contributed by atoms with Crippen molar-refractivity contribution in [3.05, 3.63) is 17.3 Å². The Morgan fingerprint density at radius 2 is 2.12 bits per heavy atom. The Balaban J connectivity index is 3.19. The van der Waals surface area contributed by atoms with E-state index in [1.54, 1.807) is 0 Å². The fraction of sp³-hybridized carbons (Fsp3) is 0.333. The molecular formula is C6H10NP. The molecule has 2 heteroatoms. The van der Waals surface area contributed by atoms with Crippen molar-refractivity contribution >= 4 is 14.7 Å². The van der Waals surface area contributed by atoms with Crippen LogP contribution < -0.4 is 5.44 Å². The molecule has 1 unspecified atom stereocenters. The quantitative estimate of drug-likeness (QED) is 0.503. The van der Waals surface area contributed by atoms with E-state index in [9.17, 15) is 0 Å². The number of hydrogen-bond donors (Lipinski definition) is 1. The van der Waals surface area contributed by atoms with Crippen LogP contribution in [0.3, 0.4) is 0 Å². The van der Waals surface area contributed by atoms with Crippen LogP contribution in [0.25, 0.3) is 0 Å². The van der Waals surface area contributed by atoms with Crippen molar-refractivity contribution in [3.8, 4) is 0 Å². The number of nitrogens with one attached hydrogen (secondary N) is 1. The summed E-state index contributed by atoms with van der Waals surface area (Å²) in [6.07, 6.45) is 2.01. The summed E-state index contributed by atoms with van der Waals surface area (Å²) >= 11 is 0. The minimum atomic E-state index is 1.20. The molecule has 1 heterocycles. The molecule has 0 spiro atoms. The van der Waals surface area contributed by atoms with E-state index < -0.39 is 0 Å². The van der Waals surface area contributed by atoms with Gasteiger partial charge >= 0.3 is 0 Å². The first-order chi connectivity index (χ1) is 3.72. The van der Waals surface area contributed by atoms with Crippen molar-refractivity contribution in [2.45, 2.75) is 13.8 Å². The first kappa shape index (κ1) is 5.84. The molecule has 1 aromatic rings. The second-order valence-corrected chi connectivity index (χ2v) is 2.59. The maximum atomic E-state index is 3.10. The Bertz CT molecular complexity index is 171. The minimum absolute atomic E-state index is 1.20. The van der Waals surface area contributed by atoms with Crippen LogP contribution in [0.1, 0.15) is 11.1 Å². The summed E-state index contributed by atoms with van der Waals surface area (Å²) in [7, 11) is 2.65. The smallest absolute Gasteiger partial charge is 0.0353 e. The van der Waals surface area contributed by atoms with E-state index in [-0.39, 0.29) is 0 Å². The second-order valence-electron chi connectivity index (χ2n) is 2.01. The van der Waals surface area contributed by atoms with Gasteiger partial charge in [0.05, 0.1) is 0 Å². The van der Waals surface area contributed by atoms with Gasteiger partial charge in [0, 0.05) is 11.6 Å². The fourth-order valence-electron chi connectivity index (χ4n) is 0.615. The van der Waals surface area contributed by atoms with E-state index >= 15 is 0 Å². The highest BCUT2D eigenvalue weighted by atomic mass is 31.0. The highest BCUT2D eigenvalue weighted by molar-refractivity contribution is 7.27. The third-order valence-corrected chi connectivity index (χ3v) is 2.04. The first-order valence-electron chi connectivity index (χ1n) is 2.62. The summed E-state index contributed by atoms with van der Waals surface area (Å²) in [6.45, 7) is 4.20. The van der Waals surface area contributed by atoms with Crippen molar-refractivity contribution in [2.75, 3.05) is 0 Å². The van der Waals surface area contributed by atoms with E-state index in [4.69, 9.17) is 0 Å². The third-order valence-electron chi connectivity index (χ3n) is 1.44. The Labute approximate surface area is 51.7 Å². The van der Waals surface area contributed by atoms with Crippen LogP contribution in [-0.2, 0) is 0 Å². The number of H-pyrrole nitrogens is 1. The molecule has 1 nitrogen and oxygen atoms in total. The predicted molar refractivity (Wildman–Crippen MR) is 39.6 cm³/mol. The zero-order valence-electron chi connectivity index (χ0n) is 5.15. The maximum absolute atomic E-state index is 3.10. The lowest BCUT2D eigenvalue weighted by molar-refractivity contribution is 1.40. The van der Waals surface area contributed by atoms with Crippen molar-refractivity contribution in [2.24, 2.45) is 0 Å². The van der Waals surface area contributed by atoms with E-state index in [1.807, 2.05) is 6.20 Å². The fourth-order valence-corrected chi connectivity index (χ4v) is 0.926. The molecule has 1 rings (SSSR count). The van der Waals surface area contributed by atoms with Crippen molar-refractivity contribution in [1.29, 1.82) is 0 Å². The van der Waals surface area contributed by atoms with Crippen LogP contribution in [0.15, 0.2) is 6.20 Å². The predicted octanol–water partition coefficient (Wildman–Crippen LogP) is 1.13. The highest BCUT2D eigenvalue weighted by Gasteiger charge is 1.94. The summed E-state index contributed by atoms with van der Waals surface area (Å²) < 4.78 is 0. The molecule has 0 saturated carbocycles. The second kappa shape index (κ2) is 1.91. The third kappa shape index (κ3) is 0.784. The molecule has 8 heavy (non-hydrogen) atoms. The zero-order chi connectivity index (χ0) is 6.15. The zero-order valence-corrected chi connectivity index (χ0v) is 6.31. The van der Waals surface area contributed by atoms with Gasteiger partial charge in [0.1, 0.15) is 0 Å². The van der Waals surface area contributed by atoms with Crippen LogP contribution in [0, 0.1) is 13.8 Å². The lowest BCUT2D eigenvalue weighted by atomic mass is 10.2. The van der Waals surface area contributed by atoms with E-state index in [1.165, 1.54) is 16.6 Å². The maximum Gasteiger partial charge on any atom is 0.0353 e. The Hall–Kier alpha value is -0.290. The van der Waals surface area contributed by atoms with Crippen LogP contribution in [-0.4, -0.2) is 4.98 Å². The van der Waals surface area contributed by atoms with Gasteiger partial charge < -0.3 is 4.98 Å². The SMILES string of the molecule is Cc1c[nH]c(P)c1C. The Morgan fingerprint density at radius 1 is 1.50 bits per heavy atom. The van der Waals surface area contributed by atoms with Gasteiger partial charge in [-0.3, -0.25) is 0 Å². The van der Waals surface area contributed by atoms with Crippen molar-refractivity contribution in [3.63, 3.8) is 0 Å². The van der Waals surface area contributed by atoms with Gasteiger partial charge in [-0.15, -0.1) is 0 Å². The molecule has 1 N–H and O–H groups in total. The largest absolute Gasteiger partial charge is 0.361 e. The molecule has 1 aromatic heterocycles. The number of aromatic amines is 1. The van der Waals surface area contributed by atoms with Crippen molar-refractivity contribution in [1.82, 2.24) is 4.98 Å². The van der Waals surface area contributed by atoms with Crippen molar-refractivity contribution < 1.29 is 0 Å². The van der Waals surface area contributed by atoms with Crippen LogP contribution in [0.5, 0.6) is 0 Å². The molecule has 0 radical (unpaired) electrons. The van der Waals surface area contributed by atoms with Gasteiger partial charge in [-0.05, 0) is 25.0 Å². The lowest BCUT2D eigenvalue weighted by Gasteiger charge is -1.86. The molecule has 0 bridgehead atoms. The minimum Gasteiger partial charge on any atom is -0.361 e. The molecule has 44 valence electrons. The number of rotatable bonds is 0. The summed E-state index contributed by atoms with van der Waals surface area (Å²) in [5, 5.41) is 0. The van der Waals surface area contributed by atoms with E-state index in [0.29, 0.717) is 0 Å². The molecule has 0 fully saturated rings. The van der Waals surface area contributed by atoms with Gasteiger partial charge in [0.25, 0.3) is 0 Å². The summed E-state index contributed by atoms with van der Waals surface area (Å²) in [6, 6.07) is 0. The molecule has 0 aromatic carbocycles. The average molecular weight is 127 g/mol. The molecule has 0 saturated heterocycles. The molecular weight excluding hydrogens is 117 g/mol. The monoisotopic (exact) mass is 127 g/mol. The topological polar surface area (TPSA) is 15.8 Å². The van der Waals surface area contributed by atoms with Crippen LogP contribution in [0.4, 0.5) is 0 Å². The van der Waals surface area contributed by atoms with Gasteiger partial charge in [-0.1, -0.05) is 9.24 Å². The summed E-state index contributed by atoms with van der Waals surface area (Å²) in [5.41, 5.74) is 3.87. The van der Waals surface area contributed by atoms with Crippen LogP contribution >= 0.6 is 9.24 Å². The van der Waals surface area contributed by atoms with E-state index in [0.717, 1.165) is 0 Å². The standard InChI is InChI=1S/C6H10NP/c1-4-3-7-6(8)5(4)2/h3,7H,8H2,1-2H3. The normalized spacial score (nSPS) is 9.88. The summed E-state index contributed by atoms with van der Waals surface area (Å²) in [5.74, 6) is 0. The molecule has 0 aliphatic carbocycles. The van der Waals surface area contributed by atoms with Gasteiger partial charge in [0.2, 0.25) is 0 Å². The van der Waals surface area contributed by atoms with Gasteiger partial charge in [0.15, 0.2) is 0 Å². The molecule has 0 aliphatic rings. The lowest BCUT2D eigenvalue weighted by Crippen LogP contribution is -1.92. The number of hydrogen-bond acceptors (Lipinski definition) is 0. The summed E-state index contributed by atoms with van der Waals surface area (Å²) in [4.78, 5) is 3.10. The molecule has 0 amide bonds. The van der Waals surface area contributed by atoms with Gasteiger partial charge in [-0.2, -0.15) is 0 Å². The van der Waals surface area contributed by atoms with Crippen LogP contribution in [0.2, 0.25) is 0 Å². The molecule has 0 aliphatic heterocycles. The van der Waals surface area contributed by atoms with E-state index in [2.05, 4.69) is 28.1 Å². The number of aromatic nitrogens is 1. The van der Waals surface area contributed by atoms with Gasteiger partial charge in [-0.25, -0.2) is 0 Å². The molecule has 1 atom stereocenters. The average Bonchev–Trinajstić information content (AvgIpc) is 1.98. The Kier molecular flexibility index (Phi) is 1.39. The first-order valence-corrected chi connectivity index (χ1v) is 3.19. The highest BCUT2D eigenvalue weighted by Crippen LogP contribution is 2.02.